The molecular weight excluding hydrogens is 382 g/mol. The maximum Gasteiger partial charge on any atom is 0.276 e. The van der Waals surface area contributed by atoms with Gasteiger partial charge in [-0.05, 0) is 31.0 Å². The number of nitrogens with two attached hydrogens (primary N) is 3. The molecule has 7 N–H and O–H groups in total. The summed E-state index contributed by atoms with van der Waals surface area (Å²) in [6, 6.07) is 5.26. The second kappa shape index (κ2) is 8.29. The predicted molar refractivity (Wildman–Crippen MR) is 116 cm³/mol. The van der Waals surface area contributed by atoms with Crippen LogP contribution in [-0.2, 0) is 0 Å². The number of nitrogen functional groups attached to an aromatic ring is 2. The van der Waals surface area contributed by atoms with E-state index in [1.807, 2.05) is 6.07 Å². The Hall–Kier alpha value is -3.79. The smallest absolute Gasteiger partial charge is 0.276 e. The molecule has 154 valence electrons. The summed E-state index contributed by atoms with van der Waals surface area (Å²) in [6.07, 6.45) is 8.21. The highest BCUT2D eigenvalue weighted by Crippen LogP contribution is 2.28. The Bertz CT molecular complexity index is 1050. The van der Waals surface area contributed by atoms with E-state index in [1.54, 1.807) is 24.5 Å². The van der Waals surface area contributed by atoms with Crippen molar-refractivity contribution in [1.29, 1.82) is 0 Å². The van der Waals surface area contributed by atoms with Gasteiger partial charge in [0.1, 0.15) is 11.5 Å². The molecule has 3 aromatic heterocycles. The maximum atomic E-state index is 13.0. The minimum Gasteiger partial charge on any atom is -0.397 e. The van der Waals surface area contributed by atoms with Crippen molar-refractivity contribution in [2.45, 2.75) is 18.9 Å². The summed E-state index contributed by atoms with van der Waals surface area (Å²) >= 11 is 0. The van der Waals surface area contributed by atoms with Crippen LogP contribution in [-0.4, -0.2) is 45.0 Å². The van der Waals surface area contributed by atoms with Crippen LogP contribution >= 0.6 is 0 Å². The van der Waals surface area contributed by atoms with E-state index in [1.165, 1.54) is 12.4 Å². The van der Waals surface area contributed by atoms with Crippen LogP contribution in [0.5, 0.6) is 0 Å². The number of pyridine rings is 2. The first kappa shape index (κ1) is 19.5. The summed E-state index contributed by atoms with van der Waals surface area (Å²) in [5.74, 6) is -0.137. The molecule has 10 nitrogen and oxygen atoms in total. The van der Waals surface area contributed by atoms with Gasteiger partial charge in [-0.2, -0.15) is 0 Å². The van der Waals surface area contributed by atoms with E-state index >= 15 is 0 Å². The lowest BCUT2D eigenvalue weighted by Gasteiger charge is -2.33. The second-order valence-electron chi connectivity index (χ2n) is 7.16. The van der Waals surface area contributed by atoms with E-state index in [0.717, 1.165) is 31.6 Å². The zero-order chi connectivity index (χ0) is 21.1. The van der Waals surface area contributed by atoms with E-state index < -0.39 is 5.91 Å². The molecule has 1 aliphatic rings. The Labute approximate surface area is 173 Å². The molecule has 0 aliphatic carbocycles. The van der Waals surface area contributed by atoms with Gasteiger partial charge in [0, 0.05) is 25.3 Å². The summed E-state index contributed by atoms with van der Waals surface area (Å²) < 4.78 is 0. The fraction of sp³-hybridized carbons (Fsp3) is 0.250. The Balaban J connectivity index is 1.60. The monoisotopic (exact) mass is 405 g/mol. The highest BCUT2D eigenvalue weighted by atomic mass is 16.1. The Morgan fingerprint density at radius 2 is 1.97 bits per heavy atom. The number of hydrogen-bond acceptors (Lipinski definition) is 9. The quantitative estimate of drug-likeness (QED) is 0.501. The highest BCUT2D eigenvalue weighted by Gasteiger charge is 2.21. The second-order valence-corrected chi connectivity index (χ2v) is 7.16. The fourth-order valence-corrected chi connectivity index (χ4v) is 3.43. The molecule has 4 rings (SSSR count). The van der Waals surface area contributed by atoms with Crippen molar-refractivity contribution in [3.05, 3.63) is 48.7 Å². The largest absolute Gasteiger partial charge is 0.397 e. The minimum atomic E-state index is -0.437. The van der Waals surface area contributed by atoms with Crippen molar-refractivity contribution in [1.82, 2.24) is 19.9 Å². The van der Waals surface area contributed by atoms with Gasteiger partial charge in [-0.15, -0.1) is 0 Å². The third kappa shape index (κ3) is 4.13. The lowest BCUT2D eigenvalue weighted by molar-refractivity contribution is 0.102. The first-order valence-electron chi connectivity index (χ1n) is 9.61. The molecule has 0 bridgehead atoms. The molecule has 0 spiro atoms. The molecular formula is C20H23N9O. The van der Waals surface area contributed by atoms with Crippen LogP contribution in [0.2, 0.25) is 0 Å². The number of anilines is 4. The summed E-state index contributed by atoms with van der Waals surface area (Å²) in [4.78, 5) is 31.9. The molecule has 1 amide bonds. The number of rotatable bonds is 4. The third-order valence-electron chi connectivity index (χ3n) is 4.92. The average Bonchev–Trinajstić information content (AvgIpc) is 2.75. The molecule has 1 fully saturated rings. The number of aromatic nitrogens is 4. The lowest BCUT2D eigenvalue weighted by atomic mass is 10.1. The van der Waals surface area contributed by atoms with Gasteiger partial charge >= 0.3 is 0 Å². The number of carbonyl (C=O) groups excluding carboxylic acids is 1. The van der Waals surface area contributed by atoms with Gasteiger partial charge in [0.2, 0.25) is 0 Å². The van der Waals surface area contributed by atoms with Crippen molar-refractivity contribution >= 4 is 28.8 Å². The molecule has 0 saturated carbocycles. The topological polar surface area (TPSA) is 162 Å². The summed E-state index contributed by atoms with van der Waals surface area (Å²) in [7, 11) is 0. The zero-order valence-corrected chi connectivity index (χ0v) is 16.3. The Morgan fingerprint density at radius 3 is 2.73 bits per heavy atom. The molecule has 3 aromatic rings. The van der Waals surface area contributed by atoms with Gasteiger partial charge in [0.15, 0.2) is 5.69 Å². The Kier molecular flexibility index (Phi) is 5.40. The van der Waals surface area contributed by atoms with E-state index in [4.69, 9.17) is 17.2 Å². The predicted octanol–water partition coefficient (Wildman–Crippen LogP) is 1.28. The number of nitrogens with zero attached hydrogens (tertiary/aromatic N) is 5. The molecule has 4 heterocycles. The van der Waals surface area contributed by atoms with Gasteiger partial charge in [-0.1, -0.05) is 0 Å². The van der Waals surface area contributed by atoms with Gasteiger partial charge in [0.25, 0.3) is 5.91 Å². The summed E-state index contributed by atoms with van der Waals surface area (Å²) in [5.41, 5.74) is 20.5. The SMILES string of the molecule is Nc1cnc(-c2ccc(N)c(C(=O)Nc3cnccc3N3CCC[C@H](N)C3)n2)cn1. The van der Waals surface area contributed by atoms with Gasteiger partial charge in [0.05, 0.1) is 41.3 Å². The van der Waals surface area contributed by atoms with Crippen molar-refractivity contribution < 1.29 is 4.79 Å². The molecule has 1 atom stereocenters. The van der Waals surface area contributed by atoms with Crippen LogP contribution in [0.3, 0.4) is 0 Å². The molecule has 30 heavy (non-hydrogen) atoms. The van der Waals surface area contributed by atoms with E-state index in [-0.39, 0.29) is 17.4 Å². The van der Waals surface area contributed by atoms with Crippen LogP contribution in [0.15, 0.2) is 43.0 Å². The average molecular weight is 405 g/mol. The van der Waals surface area contributed by atoms with E-state index in [0.29, 0.717) is 22.9 Å². The number of piperidine rings is 1. The standard InChI is InChI=1S/C20H23N9O/c21-12-2-1-7-29(11-12)17-5-6-24-8-16(17)28-20(30)19-13(22)3-4-14(27-19)15-9-26-18(23)10-25-15/h3-6,8-10,12H,1-2,7,11,21-22H2,(H2,23,26)(H,28,30)/t12-/m0/s1. The number of nitrogens with one attached hydrogen (secondary N) is 1. The third-order valence-corrected chi connectivity index (χ3v) is 4.92. The first-order valence-corrected chi connectivity index (χ1v) is 9.61. The molecule has 1 saturated heterocycles. The van der Waals surface area contributed by atoms with Crippen LogP contribution < -0.4 is 27.4 Å². The fourth-order valence-electron chi connectivity index (χ4n) is 3.43. The highest BCUT2D eigenvalue weighted by molar-refractivity contribution is 6.07. The molecule has 0 unspecified atom stereocenters. The lowest BCUT2D eigenvalue weighted by Crippen LogP contribution is -2.43. The molecule has 10 heteroatoms. The maximum absolute atomic E-state index is 13.0. The Morgan fingerprint density at radius 1 is 1.10 bits per heavy atom. The van der Waals surface area contributed by atoms with Gasteiger partial charge < -0.3 is 27.4 Å². The van der Waals surface area contributed by atoms with E-state index in [2.05, 4.69) is 30.2 Å². The van der Waals surface area contributed by atoms with Crippen LogP contribution in [0.4, 0.5) is 22.9 Å². The normalized spacial score (nSPS) is 16.3. The number of amides is 1. The van der Waals surface area contributed by atoms with E-state index in [9.17, 15) is 4.79 Å². The number of hydrogen-bond donors (Lipinski definition) is 4. The van der Waals surface area contributed by atoms with Gasteiger partial charge in [-0.25, -0.2) is 15.0 Å². The van der Waals surface area contributed by atoms with Crippen molar-refractivity contribution in [3.63, 3.8) is 0 Å². The first-order chi connectivity index (χ1) is 14.5. The van der Waals surface area contributed by atoms with Crippen LogP contribution in [0.25, 0.3) is 11.4 Å². The van der Waals surface area contributed by atoms with Gasteiger partial charge in [-0.3, -0.25) is 9.78 Å². The zero-order valence-electron chi connectivity index (χ0n) is 16.3. The van der Waals surface area contributed by atoms with Crippen LogP contribution in [0.1, 0.15) is 23.3 Å². The minimum absolute atomic E-state index is 0.0938. The molecule has 0 aromatic carbocycles. The molecule has 0 radical (unpaired) electrons. The summed E-state index contributed by atoms with van der Waals surface area (Å²) in [5, 5.41) is 2.89. The van der Waals surface area contributed by atoms with Crippen molar-refractivity contribution in [2.24, 2.45) is 5.73 Å². The van der Waals surface area contributed by atoms with Crippen LogP contribution in [0, 0.1) is 0 Å². The van der Waals surface area contributed by atoms with Crippen molar-refractivity contribution in [2.75, 3.05) is 34.8 Å². The molecule has 1 aliphatic heterocycles. The summed E-state index contributed by atoms with van der Waals surface area (Å²) in [6.45, 7) is 1.59. The number of carbonyl (C=O) groups is 1. The van der Waals surface area contributed by atoms with Crippen molar-refractivity contribution in [3.8, 4) is 11.4 Å².